The third-order valence-electron chi connectivity index (χ3n) is 2.54. The van der Waals surface area contributed by atoms with Crippen LogP contribution in [0.4, 0.5) is 0 Å². The van der Waals surface area contributed by atoms with Crippen molar-refractivity contribution in [1.29, 1.82) is 5.26 Å². The van der Waals surface area contributed by atoms with E-state index >= 15 is 0 Å². The molecule has 0 aromatic heterocycles. The molecule has 1 aromatic carbocycles. The number of carbonyl (C=O) groups is 1. The molecule has 1 aromatic rings. The number of hydrogen-bond acceptors (Lipinski definition) is 2. The van der Waals surface area contributed by atoms with Crippen LogP contribution in [0.5, 0.6) is 0 Å². The fourth-order valence-corrected chi connectivity index (χ4v) is 1.46. The lowest BCUT2D eigenvalue weighted by Gasteiger charge is -2.18. The third kappa shape index (κ3) is 5.49. The molecule has 1 amide bonds. The van der Waals surface area contributed by atoms with Crippen molar-refractivity contribution in [3.63, 3.8) is 0 Å². The summed E-state index contributed by atoms with van der Waals surface area (Å²) in [5.41, 5.74) is 1.85. The molecule has 0 fully saturated rings. The van der Waals surface area contributed by atoms with Gasteiger partial charge in [-0.2, -0.15) is 5.26 Å². The Labute approximate surface area is 109 Å². The first-order valence-electron chi connectivity index (χ1n) is 6.16. The highest BCUT2D eigenvalue weighted by molar-refractivity contribution is 5.76. The fraction of sp³-hybridized carbons (Fsp3) is 0.467. The zero-order valence-electron chi connectivity index (χ0n) is 11.3. The molecule has 0 spiro atoms. The van der Waals surface area contributed by atoms with Gasteiger partial charge in [-0.1, -0.05) is 32.9 Å². The van der Waals surface area contributed by atoms with Gasteiger partial charge in [0.1, 0.15) is 0 Å². The quantitative estimate of drug-likeness (QED) is 0.885. The van der Waals surface area contributed by atoms with Crippen molar-refractivity contribution in [3.05, 3.63) is 35.4 Å². The fourth-order valence-electron chi connectivity index (χ4n) is 1.46. The molecule has 0 saturated carbocycles. The second kappa shape index (κ2) is 6.20. The van der Waals surface area contributed by atoms with Gasteiger partial charge in [-0.25, -0.2) is 0 Å². The Balaban J connectivity index is 2.36. The summed E-state index contributed by atoms with van der Waals surface area (Å²) in [4.78, 5) is 11.6. The summed E-state index contributed by atoms with van der Waals surface area (Å²) in [6.45, 7) is 6.97. The van der Waals surface area contributed by atoms with Crippen LogP contribution in [0.15, 0.2) is 24.3 Å². The van der Waals surface area contributed by atoms with E-state index in [0.29, 0.717) is 24.9 Å². The molecule has 3 heteroatoms. The van der Waals surface area contributed by atoms with E-state index in [-0.39, 0.29) is 11.3 Å². The first kappa shape index (κ1) is 14.2. The molecule has 0 saturated heterocycles. The first-order valence-corrected chi connectivity index (χ1v) is 6.16. The molecule has 0 bridgehead atoms. The Morgan fingerprint density at radius 3 is 2.39 bits per heavy atom. The number of nitrogens with zero attached hydrogens (tertiary/aromatic N) is 1. The standard InChI is InChI=1S/C15H20N2O/c1-15(2,3)11-17-14(18)9-8-12-4-6-13(10-16)7-5-12/h4-7H,8-9,11H2,1-3H3,(H,17,18). The minimum Gasteiger partial charge on any atom is -0.356 e. The number of nitrogens with one attached hydrogen (secondary N) is 1. The minimum absolute atomic E-state index is 0.0780. The van der Waals surface area contributed by atoms with Gasteiger partial charge in [0.25, 0.3) is 0 Å². The Kier molecular flexibility index (Phi) is 4.91. The maximum atomic E-state index is 11.6. The van der Waals surface area contributed by atoms with Crippen LogP contribution in [-0.2, 0) is 11.2 Å². The molecule has 1 rings (SSSR count). The normalized spacial score (nSPS) is 10.8. The van der Waals surface area contributed by atoms with E-state index in [1.165, 1.54) is 0 Å². The van der Waals surface area contributed by atoms with Crippen LogP contribution < -0.4 is 5.32 Å². The SMILES string of the molecule is CC(C)(C)CNC(=O)CCc1ccc(C#N)cc1. The zero-order valence-corrected chi connectivity index (χ0v) is 11.3. The number of hydrogen-bond donors (Lipinski definition) is 1. The highest BCUT2D eigenvalue weighted by Crippen LogP contribution is 2.10. The molecule has 0 aliphatic heterocycles. The van der Waals surface area contributed by atoms with E-state index < -0.39 is 0 Å². The average Bonchev–Trinajstić information content (AvgIpc) is 2.33. The van der Waals surface area contributed by atoms with Gasteiger partial charge >= 0.3 is 0 Å². The predicted octanol–water partition coefficient (Wildman–Crippen LogP) is 2.65. The highest BCUT2D eigenvalue weighted by atomic mass is 16.1. The van der Waals surface area contributed by atoms with Crippen LogP contribution in [0.25, 0.3) is 0 Å². The van der Waals surface area contributed by atoms with Crippen molar-refractivity contribution in [2.45, 2.75) is 33.6 Å². The summed E-state index contributed by atoms with van der Waals surface area (Å²) in [6.07, 6.45) is 1.20. The van der Waals surface area contributed by atoms with Crippen LogP contribution in [-0.4, -0.2) is 12.5 Å². The molecule has 0 heterocycles. The molecular formula is C15H20N2O. The van der Waals surface area contributed by atoms with Crippen LogP contribution in [0.1, 0.15) is 38.3 Å². The van der Waals surface area contributed by atoms with Gasteiger partial charge in [0.05, 0.1) is 11.6 Å². The molecule has 0 aliphatic carbocycles. The van der Waals surface area contributed by atoms with Gasteiger partial charge in [0.2, 0.25) is 5.91 Å². The van der Waals surface area contributed by atoms with E-state index in [4.69, 9.17) is 5.26 Å². The second-order valence-electron chi connectivity index (χ2n) is 5.65. The summed E-state index contributed by atoms with van der Waals surface area (Å²) < 4.78 is 0. The lowest BCUT2D eigenvalue weighted by atomic mass is 9.97. The van der Waals surface area contributed by atoms with Crippen LogP contribution in [0.2, 0.25) is 0 Å². The number of nitriles is 1. The van der Waals surface area contributed by atoms with E-state index in [9.17, 15) is 4.79 Å². The maximum Gasteiger partial charge on any atom is 0.220 e. The third-order valence-corrected chi connectivity index (χ3v) is 2.54. The van der Waals surface area contributed by atoms with E-state index in [2.05, 4.69) is 32.2 Å². The molecular weight excluding hydrogens is 224 g/mol. The average molecular weight is 244 g/mol. The summed E-state index contributed by atoms with van der Waals surface area (Å²) in [6, 6.07) is 9.43. The maximum absolute atomic E-state index is 11.6. The largest absolute Gasteiger partial charge is 0.356 e. The van der Waals surface area contributed by atoms with Gasteiger partial charge in [0, 0.05) is 13.0 Å². The monoisotopic (exact) mass is 244 g/mol. The predicted molar refractivity (Wildman–Crippen MR) is 71.9 cm³/mol. The van der Waals surface area contributed by atoms with Gasteiger partial charge in [-0.3, -0.25) is 4.79 Å². The lowest BCUT2D eigenvalue weighted by molar-refractivity contribution is -0.121. The Morgan fingerprint density at radius 2 is 1.89 bits per heavy atom. The highest BCUT2D eigenvalue weighted by Gasteiger charge is 2.11. The van der Waals surface area contributed by atoms with Crippen LogP contribution in [0, 0.1) is 16.7 Å². The molecule has 96 valence electrons. The smallest absolute Gasteiger partial charge is 0.220 e. The zero-order chi connectivity index (χ0) is 13.6. The number of benzene rings is 1. The van der Waals surface area contributed by atoms with E-state index in [0.717, 1.165) is 5.56 Å². The van der Waals surface area contributed by atoms with Crippen molar-refractivity contribution in [1.82, 2.24) is 5.32 Å². The van der Waals surface area contributed by atoms with Crippen molar-refractivity contribution < 1.29 is 4.79 Å². The Bertz CT molecular complexity index is 435. The van der Waals surface area contributed by atoms with E-state index in [1.54, 1.807) is 12.1 Å². The topological polar surface area (TPSA) is 52.9 Å². The molecule has 0 unspecified atom stereocenters. The molecule has 3 nitrogen and oxygen atoms in total. The molecule has 0 atom stereocenters. The number of carbonyl (C=O) groups excluding carboxylic acids is 1. The van der Waals surface area contributed by atoms with Gasteiger partial charge in [0.15, 0.2) is 0 Å². The summed E-state index contributed by atoms with van der Waals surface area (Å²) in [5, 5.41) is 11.6. The number of amides is 1. The van der Waals surface area contributed by atoms with Crippen molar-refractivity contribution >= 4 is 5.91 Å². The summed E-state index contributed by atoms with van der Waals surface area (Å²) >= 11 is 0. The molecule has 18 heavy (non-hydrogen) atoms. The Morgan fingerprint density at radius 1 is 1.28 bits per heavy atom. The number of aryl methyl sites for hydroxylation is 1. The molecule has 0 radical (unpaired) electrons. The van der Waals surface area contributed by atoms with Gasteiger partial charge in [-0.05, 0) is 29.5 Å². The summed E-state index contributed by atoms with van der Waals surface area (Å²) in [7, 11) is 0. The first-order chi connectivity index (χ1) is 8.40. The van der Waals surface area contributed by atoms with Crippen molar-refractivity contribution in [3.8, 4) is 6.07 Å². The van der Waals surface area contributed by atoms with Crippen molar-refractivity contribution in [2.75, 3.05) is 6.54 Å². The van der Waals surface area contributed by atoms with Crippen LogP contribution in [0.3, 0.4) is 0 Å². The second-order valence-corrected chi connectivity index (χ2v) is 5.65. The van der Waals surface area contributed by atoms with Crippen molar-refractivity contribution in [2.24, 2.45) is 5.41 Å². The summed E-state index contributed by atoms with van der Waals surface area (Å²) in [5.74, 6) is 0.0780. The molecule has 0 aliphatic rings. The molecule has 1 N–H and O–H groups in total. The lowest BCUT2D eigenvalue weighted by Crippen LogP contribution is -2.32. The number of rotatable bonds is 4. The minimum atomic E-state index is 0.0780. The Hall–Kier alpha value is -1.82. The van der Waals surface area contributed by atoms with Gasteiger partial charge in [-0.15, -0.1) is 0 Å². The van der Waals surface area contributed by atoms with Gasteiger partial charge < -0.3 is 5.32 Å². The van der Waals surface area contributed by atoms with E-state index in [1.807, 2.05) is 12.1 Å². The van der Waals surface area contributed by atoms with Crippen LogP contribution >= 0.6 is 0 Å².